The van der Waals surface area contributed by atoms with Crippen LogP contribution in [0.3, 0.4) is 0 Å². The smallest absolute Gasteiger partial charge is 0.253 e. The van der Waals surface area contributed by atoms with E-state index < -0.39 is 12.5 Å². The molecule has 1 fully saturated rings. The van der Waals surface area contributed by atoms with Gasteiger partial charge >= 0.3 is 0 Å². The fraction of sp³-hybridized carbons (Fsp3) is 1.00. The van der Waals surface area contributed by atoms with Gasteiger partial charge in [-0.1, -0.05) is 0 Å². The first kappa shape index (κ1) is 11.9. The second kappa shape index (κ2) is 5.61. The van der Waals surface area contributed by atoms with Crippen molar-refractivity contribution in [2.24, 2.45) is 11.7 Å². The number of hydrogen-bond donors (Lipinski definition) is 2. The Morgan fingerprint density at radius 3 is 2.36 bits per heavy atom. The topological polar surface area (TPSA) is 38.0 Å². The van der Waals surface area contributed by atoms with Crippen LogP contribution >= 0.6 is 0 Å². The lowest BCUT2D eigenvalue weighted by atomic mass is 9.86. The van der Waals surface area contributed by atoms with Gasteiger partial charge in [0.05, 0.1) is 6.04 Å². The maximum atomic E-state index is 12.2. The summed E-state index contributed by atoms with van der Waals surface area (Å²) < 4.78 is 24.3. The van der Waals surface area contributed by atoms with Gasteiger partial charge in [0.1, 0.15) is 0 Å². The largest absolute Gasteiger partial charge is 0.328 e. The molecule has 0 aromatic carbocycles. The van der Waals surface area contributed by atoms with Gasteiger partial charge in [0.25, 0.3) is 6.43 Å². The summed E-state index contributed by atoms with van der Waals surface area (Å²) in [4.78, 5) is 0. The van der Waals surface area contributed by atoms with Crippen LogP contribution in [-0.2, 0) is 0 Å². The Kier molecular flexibility index (Phi) is 4.75. The van der Waals surface area contributed by atoms with Gasteiger partial charge in [-0.2, -0.15) is 0 Å². The molecule has 0 spiro atoms. The lowest BCUT2D eigenvalue weighted by molar-refractivity contribution is 0.102. The number of nitrogens with two attached hydrogens (primary N) is 1. The first-order chi connectivity index (χ1) is 6.59. The molecule has 0 heterocycles. The fourth-order valence-corrected chi connectivity index (χ4v) is 1.83. The second-order valence-electron chi connectivity index (χ2n) is 4.31. The lowest BCUT2D eigenvalue weighted by Gasteiger charge is -2.27. The van der Waals surface area contributed by atoms with Crippen molar-refractivity contribution in [1.29, 1.82) is 0 Å². The summed E-state index contributed by atoms with van der Waals surface area (Å²) in [6, 6.07) is -0.357. The number of rotatable bonds is 4. The monoisotopic (exact) mass is 206 g/mol. The van der Waals surface area contributed by atoms with Crippen molar-refractivity contribution in [3.63, 3.8) is 0 Å². The molecule has 0 aliphatic heterocycles. The van der Waals surface area contributed by atoms with Crippen molar-refractivity contribution in [2.45, 2.75) is 51.1 Å². The second-order valence-corrected chi connectivity index (χ2v) is 4.31. The van der Waals surface area contributed by atoms with Crippen LogP contribution in [0.2, 0.25) is 0 Å². The minimum atomic E-state index is -2.26. The maximum Gasteiger partial charge on any atom is 0.253 e. The number of hydrogen-bond acceptors (Lipinski definition) is 2. The van der Waals surface area contributed by atoms with Crippen LogP contribution < -0.4 is 11.1 Å². The first-order valence-electron chi connectivity index (χ1n) is 5.36. The molecule has 1 rings (SSSR count). The third-order valence-corrected chi connectivity index (χ3v) is 3.00. The molecular formula is C10H20F2N2. The first-order valence-corrected chi connectivity index (χ1v) is 5.36. The molecule has 0 bridgehead atoms. The quantitative estimate of drug-likeness (QED) is 0.735. The molecule has 1 unspecified atom stereocenters. The van der Waals surface area contributed by atoms with E-state index in [-0.39, 0.29) is 0 Å². The third kappa shape index (κ3) is 3.88. The summed E-state index contributed by atoms with van der Waals surface area (Å²) in [6.07, 6.45) is 1.96. The summed E-state index contributed by atoms with van der Waals surface area (Å²) in [5.74, 6) is 0.538. The minimum Gasteiger partial charge on any atom is -0.328 e. The zero-order valence-corrected chi connectivity index (χ0v) is 8.68. The molecule has 1 aliphatic rings. The van der Waals surface area contributed by atoms with Gasteiger partial charge in [0.2, 0.25) is 0 Å². The van der Waals surface area contributed by atoms with E-state index in [0.29, 0.717) is 18.5 Å². The Bertz CT molecular complexity index is 156. The molecule has 3 N–H and O–H groups in total. The molecule has 0 amide bonds. The zero-order valence-electron chi connectivity index (χ0n) is 8.68. The van der Waals surface area contributed by atoms with Crippen molar-refractivity contribution < 1.29 is 8.78 Å². The molecule has 14 heavy (non-hydrogen) atoms. The number of alkyl halides is 2. The van der Waals surface area contributed by atoms with Gasteiger partial charge in [-0.25, -0.2) is 8.78 Å². The van der Waals surface area contributed by atoms with E-state index >= 15 is 0 Å². The van der Waals surface area contributed by atoms with Crippen LogP contribution in [0.5, 0.6) is 0 Å². The molecule has 0 aromatic heterocycles. The van der Waals surface area contributed by atoms with Gasteiger partial charge < -0.3 is 11.1 Å². The van der Waals surface area contributed by atoms with Gasteiger partial charge in [-0.15, -0.1) is 0 Å². The van der Waals surface area contributed by atoms with Crippen LogP contribution in [0.25, 0.3) is 0 Å². The molecule has 0 aromatic rings. The molecule has 4 heteroatoms. The Morgan fingerprint density at radius 2 is 1.86 bits per heavy atom. The Labute approximate surface area is 84.2 Å². The summed E-state index contributed by atoms with van der Waals surface area (Å²) in [6.45, 7) is 2.23. The molecule has 1 saturated carbocycles. The van der Waals surface area contributed by atoms with Crippen LogP contribution in [-0.4, -0.2) is 25.1 Å². The maximum absolute atomic E-state index is 12.2. The molecule has 84 valence electrons. The van der Waals surface area contributed by atoms with Crippen LogP contribution in [0.4, 0.5) is 8.78 Å². The Balaban J connectivity index is 2.13. The summed E-state index contributed by atoms with van der Waals surface area (Å²) in [5.41, 5.74) is 5.76. The third-order valence-electron chi connectivity index (χ3n) is 3.00. The SMILES string of the molecule is CC(NC[C@H]1CC[C@H](N)CC1)C(F)F. The molecular weight excluding hydrogens is 186 g/mol. The number of halogens is 2. The highest BCUT2D eigenvalue weighted by molar-refractivity contribution is 4.76. The zero-order chi connectivity index (χ0) is 10.6. The minimum absolute atomic E-state index is 0.332. The van der Waals surface area contributed by atoms with E-state index in [9.17, 15) is 8.78 Å². The van der Waals surface area contributed by atoms with Crippen molar-refractivity contribution >= 4 is 0 Å². The Morgan fingerprint density at radius 1 is 1.29 bits per heavy atom. The Hall–Kier alpha value is -0.220. The fourth-order valence-electron chi connectivity index (χ4n) is 1.83. The van der Waals surface area contributed by atoms with Crippen LogP contribution in [0.1, 0.15) is 32.6 Å². The van der Waals surface area contributed by atoms with E-state index in [2.05, 4.69) is 5.32 Å². The van der Waals surface area contributed by atoms with E-state index in [1.165, 1.54) is 6.92 Å². The lowest BCUT2D eigenvalue weighted by Crippen LogP contribution is -2.38. The van der Waals surface area contributed by atoms with Gasteiger partial charge in [-0.05, 0) is 45.1 Å². The van der Waals surface area contributed by atoms with E-state index in [1.807, 2.05) is 0 Å². The predicted octanol–water partition coefficient (Wildman–Crippen LogP) is 1.75. The summed E-state index contributed by atoms with van der Waals surface area (Å²) in [7, 11) is 0. The van der Waals surface area contributed by atoms with Gasteiger partial charge in [0, 0.05) is 6.04 Å². The van der Waals surface area contributed by atoms with Crippen LogP contribution in [0.15, 0.2) is 0 Å². The highest BCUT2D eigenvalue weighted by Crippen LogP contribution is 2.22. The number of nitrogens with one attached hydrogen (secondary N) is 1. The molecule has 0 saturated heterocycles. The molecule has 2 nitrogen and oxygen atoms in total. The van der Waals surface area contributed by atoms with E-state index in [0.717, 1.165) is 25.7 Å². The average molecular weight is 206 g/mol. The van der Waals surface area contributed by atoms with Crippen molar-refractivity contribution in [3.05, 3.63) is 0 Å². The predicted molar refractivity (Wildman–Crippen MR) is 53.4 cm³/mol. The van der Waals surface area contributed by atoms with Crippen molar-refractivity contribution in [2.75, 3.05) is 6.54 Å². The van der Waals surface area contributed by atoms with E-state index in [4.69, 9.17) is 5.73 Å². The summed E-state index contributed by atoms with van der Waals surface area (Å²) >= 11 is 0. The normalized spacial score (nSPS) is 30.6. The van der Waals surface area contributed by atoms with Gasteiger partial charge in [0.15, 0.2) is 0 Å². The molecule has 1 atom stereocenters. The standard InChI is InChI=1S/C10H20F2N2/c1-7(10(11)12)14-6-8-2-4-9(13)5-3-8/h7-10,14H,2-6,13H2,1H3/t7?,8-,9-. The highest BCUT2D eigenvalue weighted by atomic mass is 19.3. The summed E-state index contributed by atoms with van der Waals surface area (Å²) in [5, 5.41) is 2.88. The van der Waals surface area contributed by atoms with Crippen LogP contribution in [0, 0.1) is 5.92 Å². The van der Waals surface area contributed by atoms with Gasteiger partial charge in [-0.3, -0.25) is 0 Å². The molecule has 0 radical (unpaired) electrons. The van der Waals surface area contributed by atoms with Crippen molar-refractivity contribution in [3.8, 4) is 0 Å². The van der Waals surface area contributed by atoms with E-state index in [1.54, 1.807) is 0 Å². The highest BCUT2D eigenvalue weighted by Gasteiger charge is 2.20. The average Bonchev–Trinajstić information content (AvgIpc) is 2.16. The molecule has 1 aliphatic carbocycles. The van der Waals surface area contributed by atoms with Crippen molar-refractivity contribution in [1.82, 2.24) is 5.32 Å².